The number of benzene rings is 1. The van der Waals surface area contributed by atoms with Crippen molar-refractivity contribution in [3.05, 3.63) is 35.1 Å². The van der Waals surface area contributed by atoms with E-state index in [4.69, 9.17) is 5.11 Å². The highest BCUT2D eigenvalue weighted by Gasteiger charge is 2.25. The topological polar surface area (TPSA) is 40.5 Å². The van der Waals surface area contributed by atoms with Gasteiger partial charge in [0.1, 0.15) is 5.82 Å². The van der Waals surface area contributed by atoms with Crippen LogP contribution >= 0.6 is 0 Å². The number of hydrogen-bond acceptors (Lipinski definition) is 2. The molecule has 1 aromatic rings. The first-order chi connectivity index (χ1) is 8.63. The lowest BCUT2D eigenvalue weighted by Gasteiger charge is -2.31. The normalized spacial score (nSPS) is 16.9. The molecule has 1 saturated heterocycles. The summed E-state index contributed by atoms with van der Waals surface area (Å²) in [6.45, 7) is 3.01. The van der Waals surface area contributed by atoms with Crippen LogP contribution in [0.2, 0.25) is 0 Å². The van der Waals surface area contributed by atoms with Crippen molar-refractivity contribution in [3.63, 3.8) is 0 Å². The second-order valence-electron chi connectivity index (χ2n) is 4.85. The highest BCUT2D eigenvalue weighted by molar-refractivity contribution is 5.94. The number of piperidine rings is 1. The Morgan fingerprint density at radius 2 is 2.11 bits per heavy atom. The summed E-state index contributed by atoms with van der Waals surface area (Å²) in [5.41, 5.74) is 0.642. The van der Waals surface area contributed by atoms with Crippen LogP contribution in [0.1, 0.15) is 28.8 Å². The number of carbonyl (C=O) groups excluding carboxylic acids is 1. The van der Waals surface area contributed by atoms with Gasteiger partial charge in [0.25, 0.3) is 5.91 Å². The van der Waals surface area contributed by atoms with Gasteiger partial charge in [0.15, 0.2) is 0 Å². The number of hydrogen-bond donors (Lipinski definition) is 1. The molecule has 1 fully saturated rings. The molecule has 0 atom stereocenters. The fourth-order valence-corrected chi connectivity index (χ4v) is 2.30. The molecule has 0 spiro atoms. The fourth-order valence-electron chi connectivity index (χ4n) is 2.30. The van der Waals surface area contributed by atoms with Gasteiger partial charge < -0.3 is 10.0 Å². The zero-order valence-corrected chi connectivity index (χ0v) is 10.5. The van der Waals surface area contributed by atoms with Crippen molar-refractivity contribution in [1.82, 2.24) is 4.90 Å². The first kappa shape index (κ1) is 13.0. The molecular formula is C14H18FNO2. The third kappa shape index (κ3) is 2.53. The van der Waals surface area contributed by atoms with Crippen molar-refractivity contribution in [2.75, 3.05) is 19.7 Å². The zero-order chi connectivity index (χ0) is 13.1. The van der Waals surface area contributed by atoms with Crippen LogP contribution in [-0.4, -0.2) is 35.6 Å². The zero-order valence-electron chi connectivity index (χ0n) is 10.5. The molecule has 1 amide bonds. The van der Waals surface area contributed by atoms with Gasteiger partial charge in [-0.3, -0.25) is 4.79 Å². The third-order valence-electron chi connectivity index (χ3n) is 3.58. The van der Waals surface area contributed by atoms with Crippen LogP contribution in [0.4, 0.5) is 4.39 Å². The van der Waals surface area contributed by atoms with Gasteiger partial charge in [-0.2, -0.15) is 0 Å². The number of aliphatic hydroxyl groups excluding tert-OH is 1. The Morgan fingerprint density at radius 1 is 1.44 bits per heavy atom. The lowest BCUT2D eigenvalue weighted by atomic mass is 9.97. The van der Waals surface area contributed by atoms with E-state index in [9.17, 15) is 9.18 Å². The maximum absolute atomic E-state index is 13.9. The number of rotatable bonds is 2. The van der Waals surface area contributed by atoms with Crippen LogP contribution < -0.4 is 0 Å². The molecule has 1 aliphatic heterocycles. The first-order valence-electron chi connectivity index (χ1n) is 6.28. The molecule has 1 aromatic carbocycles. The van der Waals surface area contributed by atoms with Gasteiger partial charge in [0.05, 0.1) is 5.56 Å². The SMILES string of the molecule is Cc1cccc(C(=O)N2CCC(CO)CC2)c1F. The molecule has 98 valence electrons. The molecule has 0 unspecified atom stereocenters. The van der Waals surface area contributed by atoms with Crippen LogP contribution in [0.3, 0.4) is 0 Å². The Morgan fingerprint density at radius 3 is 2.72 bits per heavy atom. The molecule has 1 aliphatic rings. The van der Waals surface area contributed by atoms with Crippen LogP contribution in [0.5, 0.6) is 0 Å². The lowest BCUT2D eigenvalue weighted by molar-refractivity contribution is 0.0646. The largest absolute Gasteiger partial charge is 0.396 e. The summed E-state index contributed by atoms with van der Waals surface area (Å²) in [4.78, 5) is 13.9. The number of halogens is 1. The average Bonchev–Trinajstić information content (AvgIpc) is 2.41. The summed E-state index contributed by atoms with van der Waals surface area (Å²) >= 11 is 0. The molecule has 1 N–H and O–H groups in total. The quantitative estimate of drug-likeness (QED) is 0.873. The maximum Gasteiger partial charge on any atom is 0.256 e. The van der Waals surface area contributed by atoms with Gasteiger partial charge in [0, 0.05) is 19.7 Å². The number of aliphatic hydroxyl groups is 1. The Balaban J connectivity index is 2.10. The van der Waals surface area contributed by atoms with Gasteiger partial charge >= 0.3 is 0 Å². The highest BCUT2D eigenvalue weighted by Crippen LogP contribution is 2.20. The van der Waals surface area contributed by atoms with Gasteiger partial charge in [-0.05, 0) is 37.3 Å². The monoisotopic (exact) mass is 251 g/mol. The van der Waals surface area contributed by atoms with Crippen molar-refractivity contribution in [1.29, 1.82) is 0 Å². The van der Waals surface area contributed by atoms with Gasteiger partial charge in [-0.25, -0.2) is 4.39 Å². The molecular weight excluding hydrogens is 233 g/mol. The number of amides is 1. The Kier molecular flexibility index (Phi) is 3.97. The van der Waals surface area contributed by atoms with Crippen LogP contribution in [0.25, 0.3) is 0 Å². The Labute approximate surface area is 106 Å². The third-order valence-corrected chi connectivity index (χ3v) is 3.58. The van der Waals surface area contributed by atoms with Crippen molar-refractivity contribution >= 4 is 5.91 Å². The molecule has 0 aromatic heterocycles. The van der Waals surface area contributed by atoms with E-state index in [1.807, 2.05) is 0 Å². The van der Waals surface area contributed by atoms with Crippen LogP contribution in [0.15, 0.2) is 18.2 Å². The van der Waals surface area contributed by atoms with E-state index in [-0.39, 0.29) is 24.0 Å². The number of aryl methyl sites for hydroxylation is 1. The standard InChI is InChI=1S/C14H18FNO2/c1-10-3-2-4-12(13(10)15)14(18)16-7-5-11(9-17)6-8-16/h2-4,11,17H,5-9H2,1H3. The van der Waals surface area contributed by atoms with Crippen molar-refractivity contribution in [2.24, 2.45) is 5.92 Å². The summed E-state index contributed by atoms with van der Waals surface area (Å²) in [6, 6.07) is 4.89. The molecule has 1 heterocycles. The summed E-state index contributed by atoms with van der Waals surface area (Å²) in [5.74, 6) is -0.393. The fraction of sp³-hybridized carbons (Fsp3) is 0.500. The summed E-state index contributed by atoms with van der Waals surface area (Å²) in [5, 5.41) is 9.05. The van der Waals surface area contributed by atoms with Gasteiger partial charge in [-0.1, -0.05) is 12.1 Å². The summed E-state index contributed by atoms with van der Waals surface area (Å²) in [7, 11) is 0. The van der Waals surface area contributed by atoms with E-state index >= 15 is 0 Å². The second-order valence-corrected chi connectivity index (χ2v) is 4.85. The molecule has 4 heteroatoms. The van der Waals surface area contributed by atoms with E-state index in [0.717, 1.165) is 12.8 Å². The first-order valence-corrected chi connectivity index (χ1v) is 6.28. The smallest absolute Gasteiger partial charge is 0.256 e. The molecule has 0 radical (unpaired) electrons. The second kappa shape index (κ2) is 5.48. The average molecular weight is 251 g/mol. The highest BCUT2D eigenvalue weighted by atomic mass is 19.1. The van der Waals surface area contributed by atoms with Crippen molar-refractivity contribution in [2.45, 2.75) is 19.8 Å². The molecule has 18 heavy (non-hydrogen) atoms. The Hall–Kier alpha value is -1.42. The predicted octanol–water partition coefficient (Wildman–Crippen LogP) is 1.98. The molecule has 3 nitrogen and oxygen atoms in total. The molecule has 0 aliphatic carbocycles. The van der Waals surface area contributed by atoms with Gasteiger partial charge in [-0.15, -0.1) is 0 Å². The van der Waals surface area contributed by atoms with E-state index < -0.39 is 5.82 Å². The van der Waals surface area contributed by atoms with E-state index in [1.54, 1.807) is 24.0 Å². The van der Waals surface area contributed by atoms with Crippen molar-refractivity contribution in [3.8, 4) is 0 Å². The number of carbonyl (C=O) groups is 1. The number of likely N-dealkylation sites (tertiary alicyclic amines) is 1. The minimum Gasteiger partial charge on any atom is -0.396 e. The molecule has 0 saturated carbocycles. The predicted molar refractivity (Wildman–Crippen MR) is 66.9 cm³/mol. The minimum atomic E-state index is -0.424. The molecule has 2 rings (SSSR count). The van der Waals surface area contributed by atoms with E-state index in [0.29, 0.717) is 18.7 Å². The summed E-state index contributed by atoms with van der Waals surface area (Å²) in [6.07, 6.45) is 1.57. The maximum atomic E-state index is 13.9. The molecule has 0 bridgehead atoms. The number of nitrogens with zero attached hydrogens (tertiary/aromatic N) is 1. The lowest BCUT2D eigenvalue weighted by Crippen LogP contribution is -2.39. The van der Waals surface area contributed by atoms with Crippen molar-refractivity contribution < 1.29 is 14.3 Å². The Bertz CT molecular complexity index is 439. The van der Waals surface area contributed by atoms with Gasteiger partial charge in [0.2, 0.25) is 0 Å². The van der Waals surface area contributed by atoms with Crippen LogP contribution in [-0.2, 0) is 0 Å². The van der Waals surface area contributed by atoms with E-state index in [2.05, 4.69) is 0 Å². The van der Waals surface area contributed by atoms with Crippen LogP contribution in [0, 0.1) is 18.7 Å². The van der Waals surface area contributed by atoms with E-state index in [1.165, 1.54) is 6.07 Å². The summed E-state index contributed by atoms with van der Waals surface area (Å²) < 4.78 is 13.9. The minimum absolute atomic E-state index is 0.150.